The molecule has 1 heterocycles. The van der Waals surface area contributed by atoms with E-state index in [0.717, 1.165) is 11.1 Å². The Morgan fingerprint density at radius 1 is 1.08 bits per heavy atom. The van der Waals surface area contributed by atoms with Crippen LogP contribution in [-0.2, 0) is 6.54 Å². The largest absolute Gasteiger partial charge is 0.506 e. The van der Waals surface area contributed by atoms with E-state index in [0.29, 0.717) is 6.54 Å². The molecule has 0 saturated heterocycles. The Hall–Kier alpha value is -3.34. The van der Waals surface area contributed by atoms with Crippen molar-refractivity contribution in [3.8, 4) is 5.75 Å². The van der Waals surface area contributed by atoms with E-state index in [1.54, 1.807) is 30.5 Å². The molecule has 0 aliphatic rings. The van der Waals surface area contributed by atoms with E-state index < -0.39 is 5.91 Å². The maximum atomic E-state index is 12.6. The Balaban J connectivity index is 1.86. The van der Waals surface area contributed by atoms with Gasteiger partial charge < -0.3 is 15.0 Å². The summed E-state index contributed by atoms with van der Waals surface area (Å²) >= 11 is 0. The zero-order valence-electron chi connectivity index (χ0n) is 13.8. The van der Waals surface area contributed by atoms with E-state index in [2.05, 4.69) is 5.32 Å². The van der Waals surface area contributed by atoms with Crippen LogP contribution in [0.15, 0.2) is 71.7 Å². The molecule has 5 nitrogen and oxygen atoms in total. The average molecular weight is 334 g/mol. The first-order chi connectivity index (χ1) is 12.0. The molecule has 2 N–H and O–H groups in total. The summed E-state index contributed by atoms with van der Waals surface area (Å²) in [5.41, 5.74) is 1.76. The highest BCUT2D eigenvalue weighted by Crippen LogP contribution is 2.24. The topological polar surface area (TPSA) is 71.3 Å². The fourth-order valence-electron chi connectivity index (χ4n) is 2.55. The number of nitrogens with one attached hydrogen (secondary N) is 1. The standard InChI is InChI=1S/C20H18N2O3/c1-14-9-10-17(18(23)12-14)21-19(24)16-8-5-11-22(20(16)25)13-15-6-3-2-4-7-15/h2-12,23H,13H2,1H3,(H,21,24). The van der Waals surface area contributed by atoms with E-state index in [1.165, 1.54) is 10.6 Å². The van der Waals surface area contributed by atoms with Crippen molar-refractivity contribution in [1.82, 2.24) is 4.57 Å². The molecular formula is C20H18N2O3. The van der Waals surface area contributed by atoms with Gasteiger partial charge in [0, 0.05) is 6.20 Å². The number of pyridine rings is 1. The van der Waals surface area contributed by atoms with E-state index in [4.69, 9.17) is 0 Å². The van der Waals surface area contributed by atoms with Gasteiger partial charge in [-0.25, -0.2) is 0 Å². The summed E-state index contributed by atoms with van der Waals surface area (Å²) in [4.78, 5) is 25.0. The van der Waals surface area contributed by atoms with Crippen molar-refractivity contribution in [2.45, 2.75) is 13.5 Å². The molecule has 126 valence electrons. The minimum absolute atomic E-state index is 0.0263. The van der Waals surface area contributed by atoms with Gasteiger partial charge in [-0.05, 0) is 42.3 Å². The first-order valence-electron chi connectivity index (χ1n) is 7.89. The van der Waals surface area contributed by atoms with Gasteiger partial charge in [0.25, 0.3) is 11.5 Å². The van der Waals surface area contributed by atoms with Crippen molar-refractivity contribution in [2.24, 2.45) is 0 Å². The first kappa shape index (κ1) is 16.5. The zero-order valence-corrected chi connectivity index (χ0v) is 13.8. The lowest BCUT2D eigenvalue weighted by Gasteiger charge is -2.10. The number of hydrogen-bond donors (Lipinski definition) is 2. The number of aromatic nitrogens is 1. The molecular weight excluding hydrogens is 316 g/mol. The summed E-state index contributed by atoms with van der Waals surface area (Å²) in [6.45, 7) is 2.22. The molecule has 0 saturated carbocycles. The predicted octanol–water partition coefficient (Wildman–Crippen LogP) is 3.16. The third kappa shape index (κ3) is 3.77. The molecule has 1 aromatic heterocycles. The number of nitrogens with zero attached hydrogens (tertiary/aromatic N) is 1. The fraction of sp³-hybridized carbons (Fsp3) is 0.100. The zero-order chi connectivity index (χ0) is 17.8. The minimum Gasteiger partial charge on any atom is -0.506 e. The SMILES string of the molecule is Cc1ccc(NC(=O)c2cccn(Cc3ccccc3)c2=O)c(O)c1. The van der Waals surface area contributed by atoms with Crippen molar-refractivity contribution in [3.63, 3.8) is 0 Å². The van der Waals surface area contributed by atoms with Crippen LogP contribution in [0.25, 0.3) is 0 Å². The van der Waals surface area contributed by atoms with Crippen LogP contribution in [0.3, 0.4) is 0 Å². The van der Waals surface area contributed by atoms with Gasteiger partial charge in [-0.3, -0.25) is 9.59 Å². The third-order valence-corrected chi connectivity index (χ3v) is 3.86. The first-order valence-corrected chi connectivity index (χ1v) is 7.89. The maximum Gasteiger partial charge on any atom is 0.263 e. The van der Waals surface area contributed by atoms with Crippen LogP contribution in [0.1, 0.15) is 21.5 Å². The number of carbonyl (C=O) groups excluding carboxylic acids is 1. The highest BCUT2D eigenvalue weighted by molar-refractivity contribution is 6.04. The second kappa shape index (κ2) is 7.05. The number of phenols is 1. The van der Waals surface area contributed by atoms with Crippen molar-refractivity contribution in [3.05, 3.63) is 93.9 Å². The number of rotatable bonds is 4. The van der Waals surface area contributed by atoms with Crippen LogP contribution in [0.5, 0.6) is 5.75 Å². The van der Waals surface area contributed by atoms with Gasteiger partial charge >= 0.3 is 0 Å². The number of carbonyl (C=O) groups is 1. The number of amides is 1. The summed E-state index contributed by atoms with van der Waals surface area (Å²) in [7, 11) is 0. The number of anilines is 1. The van der Waals surface area contributed by atoms with E-state index >= 15 is 0 Å². The van der Waals surface area contributed by atoms with Crippen molar-refractivity contribution in [1.29, 1.82) is 0 Å². The maximum absolute atomic E-state index is 12.6. The van der Waals surface area contributed by atoms with Crippen molar-refractivity contribution in [2.75, 3.05) is 5.32 Å². The third-order valence-electron chi connectivity index (χ3n) is 3.86. The molecule has 1 amide bonds. The van der Waals surface area contributed by atoms with E-state index in [9.17, 15) is 14.7 Å². The van der Waals surface area contributed by atoms with Gasteiger partial charge in [0.1, 0.15) is 11.3 Å². The highest BCUT2D eigenvalue weighted by atomic mass is 16.3. The lowest BCUT2D eigenvalue weighted by atomic mass is 10.2. The molecule has 0 aliphatic carbocycles. The van der Waals surface area contributed by atoms with Gasteiger partial charge in [0.05, 0.1) is 12.2 Å². The van der Waals surface area contributed by atoms with Crippen LogP contribution in [0, 0.1) is 6.92 Å². The molecule has 5 heteroatoms. The lowest BCUT2D eigenvalue weighted by Crippen LogP contribution is -2.29. The molecule has 0 unspecified atom stereocenters. The molecule has 2 aromatic carbocycles. The van der Waals surface area contributed by atoms with Gasteiger partial charge in [-0.1, -0.05) is 36.4 Å². The second-order valence-electron chi connectivity index (χ2n) is 5.82. The smallest absolute Gasteiger partial charge is 0.263 e. The number of phenolic OH excluding ortho intramolecular Hbond substituents is 1. The average Bonchev–Trinajstić information content (AvgIpc) is 2.60. The Morgan fingerprint density at radius 2 is 1.84 bits per heavy atom. The van der Waals surface area contributed by atoms with Crippen LogP contribution in [0.4, 0.5) is 5.69 Å². The monoisotopic (exact) mass is 334 g/mol. The van der Waals surface area contributed by atoms with Crippen LogP contribution in [-0.4, -0.2) is 15.6 Å². The quantitative estimate of drug-likeness (QED) is 0.720. The summed E-state index contributed by atoms with van der Waals surface area (Å²) in [5.74, 6) is -0.583. The second-order valence-corrected chi connectivity index (χ2v) is 5.82. The van der Waals surface area contributed by atoms with Gasteiger partial charge in [-0.15, -0.1) is 0 Å². The molecule has 0 aliphatic heterocycles. The Bertz CT molecular complexity index is 962. The fourth-order valence-corrected chi connectivity index (χ4v) is 2.55. The number of hydrogen-bond acceptors (Lipinski definition) is 3. The summed E-state index contributed by atoms with van der Waals surface area (Å²) < 4.78 is 1.49. The van der Waals surface area contributed by atoms with Crippen molar-refractivity contribution >= 4 is 11.6 Å². The summed E-state index contributed by atoms with van der Waals surface area (Å²) in [6, 6.07) is 17.6. The molecule has 3 rings (SSSR count). The van der Waals surface area contributed by atoms with E-state index in [1.807, 2.05) is 37.3 Å². The number of benzene rings is 2. The molecule has 25 heavy (non-hydrogen) atoms. The Kier molecular flexibility index (Phi) is 4.66. The number of aromatic hydroxyl groups is 1. The molecule has 0 spiro atoms. The van der Waals surface area contributed by atoms with Gasteiger partial charge in [-0.2, -0.15) is 0 Å². The van der Waals surface area contributed by atoms with Crippen LogP contribution < -0.4 is 10.9 Å². The minimum atomic E-state index is -0.549. The predicted molar refractivity (Wildman–Crippen MR) is 97.0 cm³/mol. The Morgan fingerprint density at radius 3 is 2.56 bits per heavy atom. The Labute approximate surface area is 145 Å². The summed E-state index contributed by atoms with van der Waals surface area (Å²) in [5, 5.41) is 12.5. The molecule has 3 aromatic rings. The lowest BCUT2D eigenvalue weighted by molar-refractivity contribution is 0.102. The van der Waals surface area contributed by atoms with E-state index in [-0.39, 0.29) is 22.6 Å². The van der Waals surface area contributed by atoms with Gasteiger partial charge in [0.15, 0.2) is 0 Å². The number of aryl methyl sites for hydroxylation is 1. The molecule has 0 atom stereocenters. The molecule has 0 radical (unpaired) electrons. The molecule has 0 bridgehead atoms. The van der Waals surface area contributed by atoms with Gasteiger partial charge in [0.2, 0.25) is 0 Å². The van der Waals surface area contributed by atoms with Crippen molar-refractivity contribution < 1.29 is 9.90 Å². The highest BCUT2D eigenvalue weighted by Gasteiger charge is 2.14. The summed E-state index contributed by atoms with van der Waals surface area (Å²) in [6.07, 6.45) is 1.65. The van der Waals surface area contributed by atoms with Crippen LogP contribution in [0.2, 0.25) is 0 Å². The molecule has 0 fully saturated rings. The normalized spacial score (nSPS) is 10.4. The van der Waals surface area contributed by atoms with Crippen LogP contribution >= 0.6 is 0 Å².